The van der Waals surface area contributed by atoms with Crippen molar-refractivity contribution in [1.82, 2.24) is 15.1 Å². The quantitative estimate of drug-likeness (QED) is 0.877. The van der Waals surface area contributed by atoms with Gasteiger partial charge in [0.2, 0.25) is 0 Å². The Hall–Kier alpha value is -1.61. The van der Waals surface area contributed by atoms with Gasteiger partial charge in [0.05, 0.1) is 17.4 Å². The van der Waals surface area contributed by atoms with Crippen molar-refractivity contribution >= 4 is 0 Å². The van der Waals surface area contributed by atoms with E-state index in [0.717, 1.165) is 25.1 Å². The topological polar surface area (TPSA) is 29.9 Å². The fourth-order valence-electron chi connectivity index (χ4n) is 2.80. The fourth-order valence-corrected chi connectivity index (χ4v) is 2.80. The molecule has 1 N–H and O–H groups in total. The Morgan fingerprint density at radius 3 is 2.52 bits per heavy atom. The van der Waals surface area contributed by atoms with Gasteiger partial charge in [0, 0.05) is 7.05 Å². The van der Waals surface area contributed by atoms with Crippen molar-refractivity contribution < 1.29 is 0 Å². The Kier molecular flexibility index (Phi) is 5.18. The van der Waals surface area contributed by atoms with Crippen molar-refractivity contribution in [3.05, 3.63) is 52.3 Å². The Bertz CT molecular complexity index is 599. The summed E-state index contributed by atoms with van der Waals surface area (Å²) in [5, 5.41) is 8.29. The SMILES string of the molecule is CCCNC(c1ccc(C)cc1C)c1cc(CC)nn1C. The highest BCUT2D eigenvalue weighted by Gasteiger charge is 2.19. The van der Waals surface area contributed by atoms with Crippen molar-refractivity contribution in [3.63, 3.8) is 0 Å². The van der Waals surface area contributed by atoms with E-state index in [9.17, 15) is 0 Å². The van der Waals surface area contributed by atoms with E-state index in [2.05, 4.69) is 62.4 Å². The molecule has 3 heteroatoms. The van der Waals surface area contributed by atoms with Crippen LogP contribution in [0.5, 0.6) is 0 Å². The molecule has 114 valence electrons. The normalized spacial score (nSPS) is 12.6. The van der Waals surface area contributed by atoms with Crippen molar-refractivity contribution in [2.45, 2.75) is 46.6 Å². The third kappa shape index (κ3) is 3.53. The molecular weight excluding hydrogens is 258 g/mol. The van der Waals surface area contributed by atoms with Crippen molar-refractivity contribution in [1.29, 1.82) is 0 Å². The number of benzene rings is 1. The minimum absolute atomic E-state index is 0.211. The first-order chi connectivity index (χ1) is 10.1. The van der Waals surface area contributed by atoms with Crippen LogP contribution in [0.4, 0.5) is 0 Å². The number of nitrogens with zero attached hydrogens (tertiary/aromatic N) is 2. The lowest BCUT2D eigenvalue weighted by Gasteiger charge is -2.21. The standard InChI is InChI=1S/C18H27N3/c1-6-10-19-18(16-9-8-13(3)11-14(16)4)17-12-15(7-2)20-21(17)5/h8-9,11-12,18-19H,6-7,10H2,1-5H3. The number of aromatic nitrogens is 2. The van der Waals surface area contributed by atoms with Crippen LogP contribution in [0.1, 0.15) is 54.4 Å². The lowest BCUT2D eigenvalue weighted by Crippen LogP contribution is -2.26. The largest absolute Gasteiger partial charge is 0.305 e. The predicted molar refractivity (Wildman–Crippen MR) is 88.6 cm³/mol. The van der Waals surface area contributed by atoms with E-state index in [0.29, 0.717) is 0 Å². The van der Waals surface area contributed by atoms with E-state index in [1.54, 1.807) is 0 Å². The zero-order valence-corrected chi connectivity index (χ0v) is 13.9. The van der Waals surface area contributed by atoms with Crippen LogP contribution in [0.15, 0.2) is 24.3 Å². The van der Waals surface area contributed by atoms with E-state index in [1.165, 1.54) is 22.4 Å². The van der Waals surface area contributed by atoms with E-state index in [-0.39, 0.29) is 6.04 Å². The van der Waals surface area contributed by atoms with Crippen LogP contribution in [0.25, 0.3) is 0 Å². The highest BCUT2D eigenvalue weighted by atomic mass is 15.3. The van der Waals surface area contributed by atoms with Crippen molar-refractivity contribution in [2.75, 3.05) is 6.54 Å². The van der Waals surface area contributed by atoms with Gasteiger partial charge in [0.25, 0.3) is 0 Å². The molecule has 1 unspecified atom stereocenters. The van der Waals surface area contributed by atoms with Crippen LogP contribution < -0.4 is 5.32 Å². The van der Waals surface area contributed by atoms with Gasteiger partial charge < -0.3 is 5.32 Å². The average molecular weight is 285 g/mol. The van der Waals surface area contributed by atoms with E-state index in [1.807, 2.05) is 11.7 Å². The fraction of sp³-hybridized carbons (Fsp3) is 0.500. The molecule has 3 nitrogen and oxygen atoms in total. The second-order valence-corrected chi connectivity index (χ2v) is 5.78. The molecule has 0 amide bonds. The van der Waals surface area contributed by atoms with Crippen molar-refractivity contribution in [3.8, 4) is 0 Å². The molecule has 2 rings (SSSR count). The van der Waals surface area contributed by atoms with Crippen LogP contribution in [-0.2, 0) is 13.5 Å². The second kappa shape index (κ2) is 6.90. The molecular formula is C18H27N3. The molecule has 0 aliphatic rings. The third-order valence-electron chi connectivity index (χ3n) is 3.96. The summed E-state index contributed by atoms with van der Waals surface area (Å²) in [6, 6.07) is 9.14. The minimum atomic E-state index is 0.211. The van der Waals surface area contributed by atoms with E-state index in [4.69, 9.17) is 0 Å². The monoisotopic (exact) mass is 285 g/mol. The number of hydrogen-bond acceptors (Lipinski definition) is 2. The Morgan fingerprint density at radius 1 is 1.19 bits per heavy atom. The molecule has 1 heterocycles. The summed E-state index contributed by atoms with van der Waals surface area (Å²) in [6.45, 7) is 9.69. The highest BCUT2D eigenvalue weighted by molar-refractivity contribution is 5.37. The van der Waals surface area contributed by atoms with Gasteiger partial charge in [-0.05, 0) is 50.4 Å². The van der Waals surface area contributed by atoms with Gasteiger partial charge in [0.15, 0.2) is 0 Å². The van der Waals surface area contributed by atoms with E-state index < -0.39 is 0 Å². The van der Waals surface area contributed by atoms with Crippen LogP contribution in [0, 0.1) is 13.8 Å². The van der Waals surface area contributed by atoms with Gasteiger partial charge in [-0.15, -0.1) is 0 Å². The molecule has 0 aliphatic heterocycles. The summed E-state index contributed by atoms with van der Waals surface area (Å²) in [6.07, 6.45) is 2.10. The molecule has 0 saturated heterocycles. The number of rotatable bonds is 6. The van der Waals surface area contributed by atoms with Gasteiger partial charge in [0.1, 0.15) is 0 Å². The highest BCUT2D eigenvalue weighted by Crippen LogP contribution is 2.26. The zero-order chi connectivity index (χ0) is 15.4. The molecule has 1 aromatic carbocycles. The zero-order valence-electron chi connectivity index (χ0n) is 13.9. The first-order valence-corrected chi connectivity index (χ1v) is 7.90. The Morgan fingerprint density at radius 2 is 1.95 bits per heavy atom. The maximum atomic E-state index is 4.61. The van der Waals surface area contributed by atoms with Crippen LogP contribution >= 0.6 is 0 Å². The Balaban J connectivity index is 2.44. The summed E-state index contributed by atoms with van der Waals surface area (Å²) < 4.78 is 2.02. The van der Waals surface area contributed by atoms with Crippen LogP contribution in [0.2, 0.25) is 0 Å². The molecule has 0 spiro atoms. The van der Waals surface area contributed by atoms with Gasteiger partial charge in [-0.1, -0.05) is 37.6 Å². The molecule has 2 aromatic rings. The van der Waals surface area contributed by atoms with Crippen LogP contribution in [0.3, 0.4) is 0 Å². The van der Waals surface area contributed by atoms with Gasteiger partial charge in [-0.25, -0.2) is 0 Å². The maximum Gasteiger partial charge on any atom is 0.0750 e. The number of nitrogens with one attached hydrogen (secondary N) is 1. The number of hydrogen-bond donors (Lipinski definition) is 1. The molecule has 0 radical (unpaired) electrons. The third-order valence-corrected chi connectivity index (χ3v) is 3.96. The molecule has 21 heavy (non-hydrogen) atoms. The average Bonchev–Trinajstić information content (AvgIpc) is 2.82. The van der Waals surface area contributed by atoms with Gasteiger partial charge in [-0.3, -0.25) is 4.68 Å². The van der Waals surface area contributed by atoms with Crippen molar-refractivity contribution in [2.24, 2.45) is 7.05 Å². The lowest BCUT2D eigenvalue weighted by atomic mass is 9.96. The summed E-state index contributed by atoms with van der Waals surface area (Å²) in [5.74, 6) is 0. The molecule has 0 aliphatic carbocycles. The Labute approximate surface area is 128 Å². The summed E-state index contributed by atoms with van der Waals surface area (Å²) in [5.41, 5.74) is 6.39. The molecule has 1 aromatic heterocycles. The minimum Gasteiger partial charge on any atom is -0.305 e. The maximum absolute atomic E-state index is 4.61. The van der Waals surface area contributed by atoms with Gasteiger partial charge >= 0.3 is 0 Å². The smallest absolute Gasteiger partial charge is 0.0750 e. The lowest BCUT2D eigenvalue weighted by molar-refractivity contribution is 0.551. The van der Waals surface area contributed by atoms with Gasteiger partial charge in [-0.2, -0.15) is 5.10 Å². The molecule has 0 bridgehead atoms. The number of aryl methyl sites for hydroxylation is 4. The first-order valence-electron chi connectivity index (χ1n) is 7.90. The first kappa shape index (κ1) is 15.8. The molecule has 0 saturated carbocycles. The summed E-state index contributed by atoms with van der Waals surface area (Å²) in [4.78, 5) is 0. The summed E-state index contributed by atoms with van der Waals surface area (Å²) >= 11 is 0. The second-order valence-electron chi connectivity index (χ2n) is 5.78. The predicted octanol–water partition coefficient (Wildman–Crippen LogP) is 3.69. The van der Waals surface area contributed by atoms with Crippen LogP contribution in [-0.4, -0.2) is 16.3 Å². The molecule has 0 fully saturated rings. The summed E-state index contributed by atoms with van der Waals surface area (Å²) in [7, 11) is 2.04. The molecule has 1 atom stereocenters. The van der Waals surface area contributed by atoms with E-state index >= 15 is 0 Å².